The van der Waals surface area contributed by atoms with Gasteiger partial charge in [-0.1, -0.05) is 12.1 Å². The molecule has 3 rings (SSSR count). The third-order valence-corrected chi connectivity index (χ3v) is 3.57. The molecule has 114 valence electrons. The normalized spacial score (nSPS) is 11.9. The van der Waals surface area contributed by atoms with E-state index >= 15 is 0 Å². The summed E-state index contributed by atoms with van der Waals surface area (Å²) in [6.07, 6.45) is -4.97. The van der Waals surface area contributed by atoms with Gasteiger partial charge in [0.2, 0.25) is 0 Å². The molecule has 0 aliphatic heterocycles. The highest BCUT2D eigenvalue weighted by atomic mass is 79.9. The van der Waals surface area contributed by atoms with Gasteiger partial charge in [0, 0.05) is 4.47 Å². The minimum Gasteiger partial charge on any atom is -0.403 e. The van der Waals surface area contributed by atoms with E-state index in [0.29, 0.717) is 11.0 Å². The highest BCUT2D eigenvalue weighted by Crippen LogP contribution is 2.37. The molecule has 0 aliphatic carbocycles. The van der Waals surface area contributed by atoms with Crippen LogP contribution in [0.5, 0.6) is 5.75 Å². The molecule has 0 bridgehead atoms. The van der Waals surface area contributed by atoms with E-state index in [4.69, 9.17) is 0 Å². The van der Waals surface area contributed by atoms with Crippen LogP contribution in [0, 0.1) is 5.82 Å². The van der Waals surface area contributed by atoms with Crippen molar-refractivity contribution in [2.75, 3.05) is 0 Å². The molecule has 1 N–H and O–H groups in total. The van der Waals surface area contributed by atoms with Crippen molar-refractivity contribution in [3.8, 4) is 17.1 Å². The van der Waals surface area contributed by atoms with Gasteiger partial charge in [-0.3, -0.25) is 0 Å². The van der Waals surface area contributed by atoms with E-state index in [2.05, 4.69) is 30.6 Å². The Bertz CT molecular complexity index is 811. The summed E-state index contributed by atoms with van der Waals surface area (Å²) in [6, 6.07) is 9.12. The minimum absolute atomic E-state index is 0.109. The van der Waals surface area contributed by atoms with Gasteiger partial charge < -0.3 is 9.72 Å². The Labute approximate surface area is 130 Å². The molecule has 0 amide bonds. The van der Waals surface area contributed by atoms with Crippen molar-refractivity contribution < 1.29 is 22.3 Å². The fraction of sp³-hybridized carbons (Fsp3) is 0.0714. The maximum absolute atomic E-state index is 14.4. The van der Waals surface area contributed by atoms with E-state index in [1.165, 1.54) is 6.07 Å². The summed E-state index contributed by atoms with van der Waals surface area (Å²) in [6.45, 7) is 0. The fourth-order valence-electron chi connectivity index (χ4n) is 2.03. The van der Waals surface area contributed by atoms with E-state index < -0.39 is 17.9 Å². The zero-order chi connectivity index (χ0) is 15.9. The van der Waals surface area contributed by atoms with Crippen LogP contribution in [0.3, 0.4) is 0 Å². The molecule has 22 heavy (non-hydrogen) atoms. The van der Waals surface area contributed by atoms with Crippen LogP contribution in [0.2, 0.25) is 0 Å². The second-order valence-electron chi connectivity index (χ2n) is 4.38. The van der Waals surface area contributed by atoms with Gasteiger partial charge in [0.15, 0.2) is 11.6 Å². The maximum Gasteiger partial charge on any atom is 0.573 e. The van der Waals surface area contributed by atoms with Crippen molar-refractivity contribution in [3.63, 3.8) is 0 Å². The van der Waals surface area contributed by atoms with Gasteiger partial charge >= 0.3 is 6.36 Å². The second kappa shape index (κ2) is 5.28. The zero-order valence-corrected chi connectivity index (χ0v) is 12.3. The Morgan fingerprint density at radius 3 is 2.50 bits per heavy atom. The van der Waals surface area contributed by atoms with Crippen molar-refractivity contribution in [2.24, 2.45) is 0 Å². The number of aromatic nitrogens is 2. The van der Waals surface area contributed by atoms with Crippen molar-refractivity contribution in [3.05, 3.63) is 46.7 Å². The highest BCUT2D eigenvalue weighted by molar-refractivity contribution is 9.10. The first-order chi connectivity index (χ1) is 10.3. The average Bonchev–Trinajstić information content (AvgIpc) is 2.84. The monoisotopic (exact) mass is 374 g/mol. The van der Waals surface area contributed by atoms with Crippen molar-refractivity contribution >= 4 is 27.0 Å². The van der Waals surface area contributed by atoms with E-state index in [1.807, 2.05) is 0 Å². The van der Waals surface area contributed by atoms with Gasteiger partial charge in [0.25, 0.3) is 0 Å². The van der Waals surface area contributed by atoms with Gasteiger partial charge in [-0.15, -0.1) is 13.2 Å². The number of alkyl halides is 3. The number of rotatable bonds is 2. The smallest absolute Gasteiger partial charge is 0.403 e. The summed E-state index contributed by atoms with van der Waals surface area (Å²) in [7, 11) is 0. The summed E-state index contributed by atoms with van der Waals surface area (Å²) >= 11 is 3.12. The Morgan fingerprint density at radius 1 is 1.09 bits per heavy atom. The Kier molecular flexibility index (Phi) is 3.56. The van der Waals surface area contributed by atoms with E-state index in [0.717, 1.165) is 6.07 Å². The molecular weight excluding hydrogens is 368 g/mol. The van der Waals surface area contributed by atoms with Crippen LogP contribution in [0.4, 0.5) is 17.6 Å². The van der Waals surface area contributed by atoms with Crippen molar-refractivity contribution in [1.29, 1.82) is 0 Å². The standard InChI is InChI=1S/C14H7BrF4N2O/c15-7-5-6-10(22-14(17,18)19)12(16)11(7)13-20-8-3-1-2-4-9(8)21-13/h1-6H,(H,20,21). The molecule has 0 saturated carbocycles. The summed E-state index contributed by atoms with van der Waals surface area (Å²) in [5, 5.41) is 0. The number of imidazole rings is 1. The molecular formula is C14H7BrF4N2O. The van der Waals surface area contributed by atoms with E-state index in [9.17, 15) is 17.6 Å². The molecule has 0 saturated heterocycles. The lowest BCUT2D eigenvalue weighted by molar-refractivity contribution is -0.275. The molecule has 0 unspecified atom stereocenters. The lowest BCUT2D eigenvalue weighted by Gasteiger charge is -2.12. The molecule has 0 spiro atoms. The molecule has 0 radical (unpaired) electrons. The van der Waals surface area contributed by atoms with Crippen molar-refractivity contribution in [1.82, 2.24) is 9.97 Å². The molecule has 3 nitrogen and oxygen atoms in total. The topological polar surface area (TPSA) is 37.9 Å². The van der Waals surface area contributed by atoms with Crippen LogP contribution in [-0.2, 0) is 0 Å². The summed E-state index contributed by atoms with van der Waals surface area (Å²) < 4.78 is 55.2. The summed E-state index contributed by atoms with van der Waals surface area (Å²) in [4.78, 5) is 7.05. The lowest BCUT2D eigenvalue weighted by Crippen LogP contribution is -2.18. The second-order valence-corrected chi connectivity index (χ2v) is 5.24. The Morgan fingerprint density at radius 2 is 1.82 bits per heavy atom. The number of halogens is 5. The first-order valence-corrected chi connectivity index (χ1v) is 6.83. The van der Waals surface area contributed by atoms with Gasteiger partial charge in [-0.2, -0.15) is 0 Å². The van der Waals surface area contributed by atoms with Gasteiger partial charge in [0.05, 0.1) is 16.6 Å². The van der Waals surface area contributed by atoms with Gasteiger partial charge in [0.1, 0.15) is 5.82 Å². The van der Waals surface area contributed by atoms with E-state index in [1.54, 1.807) is 24.3 Å². The van der Waals surface area contributed by atoms with Gasteiger partial charge in [-0.25, -0.2) is 9.37 Å². The van der Waals surface area contributed by atoms with Crippen molar-refractivity contribution in [2.45, 2.75) is 6.36 Å². The number of hydrogen-bond donors (Lipinski definition) is 1. The molecule has 8 heteroatoms. The number of aromatic amines is 1. The van der Waals surface area contributed by atoms with Crippen LogP contribution in [-0.4, -0.2) is 16.3 Å². The quantitative estimate of drug-likeness (QED) is 0.638. The number of para-hydroxylation sites is 2. The van der Waals surface area contributed by atoms with Crippen LogP contribution in [0.25, 0.3) is 22.4 Å². The maximum atomic E-state index is 14.4. The molecule has 1 heterocycles. The van der Waals surface area contributed by atoms with Crippen LogP contribution >= 0.6 is 15.9 Å². The molecule has 1 aromatic heterocycles. The van der Waals surface area contributed by atoms with Crippen LogP contribution in [0.1, 0.15) is 0 Å². The first kappa shape index (κ1) is 14.8. The minimum atomic E-state index is -4.97. The number of nitrogens with zero attached hydrogens (tertiary/aromatic N) is 1. The summed E-state index contributed by atoms with van der Waals surface area (Å²) in [5.74, 6) is -1.95. The number of hydrogen-bond acceptors (Lipinski definition) is 2. The van der Waals surface area contributed by atoms with Crippen LogP contribution in [0.15, 0.2) is 40.9 Å². The number of benzene rings is 2. The number of nitrogens with one attached hydrogen (secondary N) is 1. The molecule has 0 atom stereocenters. The Hall–Kier alpha value is -2.09. The lowest BCUT2D eigenvalue weighted by atomic mass is 10.2. The fourth-order valence-corrected chi connectivity index (χ4v) is 2.52. The highest BCUT2D eigenvalue weighted by Gasteiger charge is 2.33. The zero-order valence-electron chi connectivity index (χ0n) is 10.7. The largest absolute Gasteiger partial charge is 0.573 e. The average molecular weight is 375 g/mol. The number of ether oxygens (including phenoxy) is 1. The third kappa shape index (κ3) is 2.78. The number of fused-ring (bicyclic) bond motifs is 1. The molecule has 2 aromatic carbocycles. The van der Waals surface area contributed by atoms with Gasteiger partial charge in [-0.05, 0) is 40.2 Å². The first-order valence-electron chi connectivity index (χ1n) is 6.04. The van der Waals surface area contributed by atoms with E-state index in [-0.39, 0.29) is 15.9 Å². The molecule has 0 aliphatic rings. The summed E-state index contributed by atoms with van der Waals surface area (Å²) in [5.41, 5.74) is 1.09. The number of H-pyrrole nitrogens is 1. The van der Waals surface area contributed by atoms with Crippen LogP contribution < -0.4 is 4.74 Å². The Balaban J connectivity index is 2.15. The predicted octanol–water partition coefficient (Wildman–Crippen LogP) is 5.03. The third-order valence-electron chi connectivity index (χ3n) is 2.91. The molecule has 0 fully saturated rings. The predicted molar refractivity (Wildman–Crippen MR) is 75.9 cm³/mol. The SMILES string of the molecule is Fc1c(OC(F)(F)F)ccc(Br)c1-c1nc2ccccc2[nH]1. The molecule has 3 aromatic rings.